The number of fused-ring (bicyclic) bond motifs is 1. The standard InChI is InChI=1S/C22H14ClFN2O5S/c1-30-12-5-2-4-11(8-12)21(28)31-19(17-6-3-7-32-17)18-13-9-15(24)14(23)10-16(13)26(20(18)27)22(25)29/h2-10H,1H3,(H2,25,29)/b19-18+. The first kappa shape index (κ1) is 21.5. The third-order valence-corrected chi connectivity index (χ3v) is 5.82. The predicted molar refractivity (Wildman–Crippen MR) is 118 cm³/mol. The molecule has 0 unspecified atom stereocenters. The maximum atomic E-state index is 14.3. The number of anilines is 1. The van der Waals surface area contributed by atoms with Gasteiger partial charge in [-0.3, -0.25) is 4.79 Å². The number of hydrogen-bond acceptors (Lipinski definition) is 6. The van der Waals surface area contributed by atoms with Gasteiger partial charge in [0.25, 0.3) is 5.91 Å². The number of thiophene rings is 1. The number of primary amides is 1. The number of nitrogens with zero attached hydrogens (tertiary/aromatic N) is 1. The number of esters is 1. The van der Waals surface area contributed by atoms with Crippen LogP contribution in [0.15, 0.2) is 53.9 Å². The molecule has 3 aromatic rings. The summed E-state index contributed by atoms with van der Waals surface area (Å²) in [4.78, 5) is 39.1. The van der Waals surface area contributed by atoms with E-state index in [1.165, 1.54) is 30.6 Å². The summed E-state index contributed by atoms with van der Waals surface area (Å²) in [7, 11) is 1.45. The van der Waals surface area contributed by atoms with E-state index in [0.29, 0.717) is 15.5 Å². The predicted octanol–water partition coefficient (Wildman–Crippen LogP) is 4.70. The quantitative estimate of drug-likeness (QED) is 0.337. The first-order valence-electron chi connectivity index (χ1n) is 9.09. The number of benzene rings is 2. The fourth-order valence-electron chi connectivity index (χ4n) is 3.23. The van der Waals surface area contributed by atoms with Gasteiger partial charge in [0.15, 0.2) is 5.76 Å². The summed E-state index contributed by atoms with van der Waals surface area (Å²) in [6, 6.07) is 10.6. The molecule has 0 radical (unpaired) electrons. The van der Waals surface area contributed by atoms with Gasteiger partial charge in [0.05, 0.1) is 33.8 Å². The summed E-state index contributed by atoms with van der Waals surface area (Å²) in [5, 5.41) is 1.42. The second kappa shape index (κ2) is 8.45. The SMILES string of the molecule is COc1cccc(C(=O)O/C(=C2/C(=O)N(C(N)=O)c3cc(Cl)c(F)cc32)c2cccs2)c1. The van der Waals surface area contributed by atoms with Gasteiger partial charge in [-0.2, -0.15) is 0 Å². The Kier molecular flexibility index (Phi) is 5.68. The van der Waals surface area contributed by atoms with Gasteiger partial charge < -0.3 is 15.2 Å². The lowest BCUT2D eigenvalue weighted by atomic mass is 10.0. The van der Waals surface area contributed by atoms with Crippen LogP contribution in [-0.2, 0) is 9.53 Å². The van der Waals surface area contributed by atoms with Crippen LogP contribution < -0.4 is 15.4 Å². The van der Waals surface area contributed by atoms with E-state index in [9.17, 15) is 18.8 Å². The monoisotopic (exact) mass is 472 g/mol. The molecule has 0 bridgehead atoms. The molecule has 0 saturated heterocycles. The normalized spacial score (nSPS) is 14.2. The van der Waals surface area contributed by atoms with Gasteiger partial charge in [-0.1, -0.05) is 23.7 Å². The van der Waals surface area contributed by atoms with Crippen LogP contribution in [0.5, 0.6) is 5.75 Å². The number of methoxy groups -OCH3 is 1. The van der Waals surface area contributed by atoms with Crippen molar-refractivity contribution in [2.24, 2.45) is 5.73 Å². The molecule has 1 aromatic heterocycles. The maximum absolute atomic E-state index is 14.3. The number of amides is 3. The van der Waals surface area contributed by atoms with Crippen molar-refractivity contribution in [1.82, 2.24) is 0 Å². The lowest BCUT2D eigenvalue weighted by Crippen LogP contribution is -2.38. The van der Waals surface area contributed by atoms with Gasteiger partial charge in [-0.05, 0) is 41.8 Å². The molecule has 0 spiro atoms. The van der Waals surface area contributed by atoms with Crippen LogP contribution in [0.3, 0.4) is 0 Å². The molecule has 2 heterocycles. The molecular formula is C22H14ClFN2O5S. The van der Waals surface area contributed by atoms with Gasteiger partial charge in [-0.25, -0.2) is 18.9 Å². The van der Waals surface area contributed by atoms with Gasteiger partial charge in [0.1, 0.15) is 11.6 Å². The molecule has 32 heavy (non-hydrogen) atoms. The lowest BCUT2D eigenvalue weighted by molar-refractivity contribution is -0.112. The molecule has 0 aliphatic carbocycles. The summed E-state index contributed by atoms with van der Waals surface area (Å²) >= 11 is 7.04. The highest BCUT2D eigenvalue weighted by atomic mass is 35.5. The average Bonchev–Trinajstić information content (AvgIpc) is 3.39. The molecule has 162 valence electrons. The zero-order chi connectivity index (χ0) is 23.0. The van der Waals surface area contributed by atoms with Crippen LogP contribution in [0.4, 0.5) is 14.9 Å². The summed E-state index contributed by atoms with van der Waals surface area (Å²) in [6.07, 6.45) is 0. The Morgan fingerprint density at radius 2 is 1.94 bits per heavy atom. The summed E-state index contributed by atoms with van der Waals surface area (Å²) in [6.45, 7) is 0. The molecule has 2 aromatic carbocycles. The molecule has 7 nitrogen and oxygen atoms in total. The second-order valence-corrected chi connectivity index (χ2v) is 7.92. The number of halogens is 2. The van der Waals surface area contributed by atoms with Gasteiger partial charge in [0.2, 0.25) is 0 Å². The zero-order valence-corrected chi connectivity index (χ0v) is 18.0. The number of carbonyl (C=O) groups is 3. The second-order valence-electron chi connectivity index (χ2n) is 6.57. The molecule has 10 heteroatoms. The van der Waals surface area contributed by atoms with Crippen LogP contribution in [0.1, 0.15) is 20.8 Å². The van der Waals surface area contributed by atoms with Gasteiger partial charge in [0, 0.05) is 5.56 Å². The molecule has 0 fully saturated rings. The number of nitrogens with two attached hydrogens (primary N) is 1. The molecular weight excluding hydrogens is 459 g/mol. The van der Waals surface area contributed by atoms with Crippen molar-refractivity contribution in [3.05, 3.63) is 80.8 Å². The Morgan fingerprint density at radius 1 is 1.16 bits per heavy atom. The number of rotatable bonds is 4. The molecule has 2 N–H and O–H groups in total. The van der Waals surface area contributed by atoms with Crippen LogP contribution in [0, 0.1) is 5.82 Å². The number of hydrogen-bond donors (Lipinski definition) is 1. The molecule has 4 rings (SSSR count). The van der Waals surface area contributed by atoms with E-state index in [1.807, 2.05) is 0 Å². The molecule has 0 saturated carbocycles. The minimum absolute atomic E-state index is 0.00427. The van der Waals surface area contributed by atoms with Crippen molar-refractivity contribution in [2.75, 3.05) is 12.0 Å². The van der Waals surface area contributed by atoms with E-state index in [0.717, 1.165) is 12.1 Å². The first-order valence-corrected chi connectivity index (χ1v) is 10.3. The van der Waals surface area contributed by atoms with Crippen LogP contribution in [0.25, 0.3) is 11.3 Å². The van der Waals surface area contributed by atoms with E-state index in [-0.39, 0.29) is 33.2 Å². The maximum Gasteiger partial charge on any atom is 0.343 e. The highest BCUT2D eigenvalue weighted by Gasteiger charge is 2.40. The van der Waals surface area contributed by atoms with Crippen molar-refractivity contribution in [3.8, 4) is 5.75 Å². The highest BCUT2D eigenvalue weighted by molar-refractivity contribution is 7.11. The fraction of sp³-hybridized carbons (Fsp3) is 0.0455. The van der Waals surface area contributed by atoms with Crippen molar-refractivity contribution in [1.29, 1.82) is 0 Å². The van der Waals surface area contributed by atoms with Crippen molar-refractivity contribution < 1.29 is 28.2 Å². The first-order chi connectivity index (χ1) is 15.3. The Hall–Kier alpha value is -3.69. The highest BCUT2D eigenvalue weighted by Crippen LogP contribution is 2.44. The fourth-order valence-corrected chi connectivity index (χ4v) is 4.10. The van der Waals surface area contributed by atoms with Crippen molar-refractivity contribution >= 4 is 57.9 Å². The topological polar surface area (TPSA) is 98.9 Å². The molecule has 1 aliphatic rings. The van der Waals surface area contributed by atoms with E-state index in [2.05, 4.69) is 0 Å². The Morgan fingerprint density at radius 3 is 2.59 bits per heavy atom. The van der Waals surface area contributed by atoms with E-state index >= 15 is 0 Å². The number of ether oxygens (including phenoxy) is 2. The van der Waals surface area contributed by atoms with Crippen LogP contribution in [-0.4, -0.2) is 25.0 Å². The van der Waals surface area contributed by atoms with E-state index in [4.69, 9.17) is 26.8 Å². The minimum atomic E-state index is -1.08. The Bertz CT molecular complexity index is 1290. The smallest absolute Gasteiger partial charge is 0.343 e. The third-order valence-electron chi connectivity index (χ3n) is 4.66. The van der Waals surface area contributed by atoms with E-state index < -0.39 is 23.7 Å². The third kappa shape index (κ3) is 3.72. The number of carbonyl (C=O) groups excluding carboxylic acids is 3. The number of urea groups is 1. The Labute approximate surface area is 190 Å². The molecule has 0 atom stereocenters. The largest absolute Gasteiger partial charge is 0.497 e. The van der Waals surface area contributed by atoms with E-state index in [1.54, 1.807) is 29.6 Å². The molecule has 1 aliphatic heterocycles. The summed E-state index contributed by atoms with van der Waals surface area (Å²) in [5.41, 5.74) is 5.38. The molecule has 3 amide bonds. The lowest BCUT2D eigenvalue weighted by Gasteiger charge is -2.12. The Balaban J connectivity index is 1.91. The summed E-state index contributed by atoms with van der Waals surface area (Å²) in [5.74, 6) is -2.16. The number of imide groups is 1. The van der Waals surface area contributed by atoms with Gasteiger partial charge >= 0.3 is 12.0 Å². The van der Waals surface area contributed by atoms with Gasteiger partial charge in [-0.15, -0.1) is 11.3 Å². The minimum Gasteiger partial charge on any atom is -0.497 e. The average molecular weight is 473 g/mol. The van der Waals surface area contributed by atoms with Crippen molar-refractivity contribution in [3.63, 3.8) is 0 Å². The van der Waals surface area contributed by atoms with Crippen molar-refractivity contribution in [2.45, 2.75) is 0 Å². The van der Waals surface area contributed by atoms with Crippen LogP contribution >= 0.6 is 22.9 Å². The zero-order valence-electron chi connectivity index (χ0n) is 16.4. The van der Waals surface area contributed by atoms with Crippen LogP contribution in [0.2, 0.25) is 5.02 Å². The summed E-state index contributed by atoms with van der Waals surface area (Å²) < 4.78 is 25.1.